The zero-order valence-electron chi connectivity index (χ0n) is 52.3. The molecule has 0 unspecified atom stereocenters. The third-order valence-electron chi connectivity index (χ3n) is 11.3. The highest BCUT2D eigenvalue weighted by molar-refractivity contribution is 5.77. The summed E-state index contributed by atoms with van der Waals surface area (Å²) in [6.07, 6.45) is 4.65. The van der Waals surface area contributed by atoms with E-state index in [4.69, 9.17) is 108 Å². The molecule has 0 amide bonds. The fourth-order valence-corrected chi connectivity index (χ4v) is 6.49. The van der Waals surface area contributed by atoms with Crippen molar-refractivity contribution in [2.45, 2.75) is 95.2 Å². The fourth-order valence-electron chi connectivity index (χ4n) is 6.49. The van der Waals surface area contributed by atoms with Gasteiger partial charge in [0.05, 0.1) is 19.3 Å². The summed E-state index contributed by atoms with van der Waals surface area (Å²) in [5, 5.41) is 84.7. The molecule has 0 aliphatic carbocycles. The van der Waals surface area contributed by atoms with E-state index in [9.17, 15) is 33.6 Å². The Balaban J connectivity index is -0.000000993. The second kappa shape index (κ2) is 56.3. The molecule has 3 atom stereocenters. The number of rotatable bonds is 26. The lowest BCUT2D eigenvalue weighted by atomic mass is 10.1. The molecule has 94 heavy (non-hydrogen) atoms. The molecule has 29 nitrogen and oxygen atoms in total. The second-order valence-electron chi connectivity index (χ2n) is 19.4. The molecule has 0 bridgehead atoms. The van der Waals surface area contributed by atoms with Crippen LogP contribution in [0.1, 0.15) is 71.9 Å². The normalized spacial score (nSPS) is 10.4. The molecule has 0 heterocycles. The van der Waals surface area contributed by atoms with E-state index >= 15 is 0 Å². The number of aliphatic carboxylic acids is 7. The number of carboxylic acid groups (broad SMARTS) is 7. The van der Waals surface area contributed by atoms with Crippen LogP contribution in [0.4, 0.5) is 0 Å². The molecule has 0 saturated heterocycles. The zero-order chi connectivity index (χ0) is 71.7. The van der Waals surface area contributed by atoms with E-state index in [-0.39, 0.29) is 61.3 Å². The van der Waals surface area contributed by atoms with Crippen LogP contribution in [-0.2, 0) is 72.1 Å². The number of benzene rings is 6. The number of nitrogens with zero attached hydrogens (tertiary/aromatic N) is 2. The van der Waals surface area contributed by atoms with Crippen LogP contribution >= 0.6 is 0 Å². The molecule has 0 radical (unpaired) electrons. The molecule has 0 aliphatic rings. The van der Waals surface area contributed by atoms with Crippen molar-refractivity contribution >= 4 is 53.7 Å². The molecule has 6 rings (SSSR count). The standard InChI is InChI=1S/3C8H11N.3C8H8O3.2C6H14N4O2.C5H9NO4/c3*9-7-6-8-4-2-1-3-5-8;3*9-7-3-1-6(2-4-7)5-8(10)11;2*7-4(5(11)12)2-1-3-10-6(8)9;6-3(5(9)10)1-2-4(7)8/h3*1-5H,6-7,9H2;3*1-4,9H,5H2,(H,10,11);2*4H,1-3,7H2,(H,11,12)(H4,8,9,10);3H,1-2,6H2,(H,7,8)(H,9,10)/t;;;;;;2*4-;3-/m......100/s1. The van der Waals surface area contributed by atoms with Gasteiger partial charge in [-0.25, -0.2) is 0 Å². The largest absolute Gasteiger partial charge is 0.508 e. The minimum Gasteiger partial charge on any atom is -0.508 e. The summed E-state index contributed by atoms with van der Waals surface area (Å²) >= 11 is 0. The number of phenols is 3. The maximum atomic E-state index is 10.2. The maximum Gasteiger partial charge on any atom is 0.320 e. The van der Waals surface area contributed by atoms with Gasteiger partial charge in [-0.1, -0.05) is 127 Å². The van der Waals surface area contributed by atoms with Crippen LogP contribution in [-0.4, -0.2) is 156 Å². The minimum atomic E-state index is -1.17. The van der Waals surface area contributed by atoms with Gasteiger partial charge in [-0.05, 0) is 141 Å². The van der Waals surface area contributed by atoms with Crippen LogP contribution in [0.5, 0.6) is 17.2 Å². The molecule has 0 aromatic heterocycles. The number of aromatic hydroxyl groups is 3. The van der Waals surface area contributed by atoms with Crippen LogP contribution in [0.25, 0.3) is 0 Å². The van der Waals surface area contributed by atoms with Gasteiger partial charge in [0, 0.05) is 19.5 Å². The van der Waals surface area contributed by atoms with E-state index in [2.05, 4.69) is 46.4 Å². The van der Waals surface area contributed by atoms with Crippen molar-refractivity contribution in [2.24, 2.45) is 67.3 Å². The predicted octanol–water partition coefficient (Wildman–Crippen LogP) is 2.79. The van der Waals surface area contributed by atoms with Crippen LogP contribution in [0.15, 0.2) is 174 Å². The minimum absolute atomic E-state index is 0.000278. The summed E-state index contributed by atoms with van der Waals surface area (Å²) in [6.45, 7) is 3.06. The summed E-state index contributed by atoms with van der Waals surface area (Å²) < 4.78 is 0. The molecule has 0 saturated carbocycles. The number of carbonyl (C=O) groups is 7. The van der Waals surface area contributed by atoms with Gasteiger partial charge in [-0.2, -0.15) is 0 Å². The van der Waals surface area contributed by atoms with Gasteiger partial charge in [0.1, 0.15) is 35.4 Å². The molecule has 29 heteroatoms. The zero-order valence-corrected chi connectivity index (χ0v) is 52.3. The van der Waals surface area contributed by atoms with Crippen LogP contribution < -0.4 is 57.3 Å². The average molecular weight is 1320 g/mol. The van der Waals surface area contributed by atoms with Crippen molar-refractivity contribution in [2.75, 3.05) is 32.7 Å². The number of carboxylic acids is 7. The van der Waals surface area contributed by atoms with E-state index in [0.717, 1.165) is 38.9 Å². The van der Waals surface area contributed by atoms with Crippen molar-refractivity contribution < 1.29 is 84.6 Å². The van der Waals surface area contributed by atoms with Crippen molar-refractivity contribution in [3.8, 4) is 17.2 Å². The Kier molecular flexibility index (Phi) is 52.4. The van der Waals surface area contributed by atoms with Crippen LogP contribution in [0.2, 0.25) is 0 Å². The Morgan fingerprint density at radius 2 is 0.564 bits per heavy atom. The number of phenolic OH excluding ortho intramolecular Hbond substituents is 3. The third-order valence-corrected chi connectivity index (χ3v) is 11.3. The second-order valence-corrected chi connectivity index (χ2v) is 19.4. The van der Waals surface area contributed by atoms with Gasteiger partial charge in [-0.3, -0.25) is 43.5 Å². The van der Waals surface area contributed by atoms with Crippen LogP contribution in [0.3, 0.4) is 0 Å². The van der Waals surface area contributed by atoms with Crippen molar-refractivity contribution in [3.05, 3.63) is 197 Å². The van der Waals surface area contributed by atoms with Crippen LogP contribution in [0, 0.1) is 0 Å². The monoisotopic (exact) mass is 1310 g/mol. The molecule has 0 fully saturated rings. The first kappa shape index (κ1) is 87.5. The highest BCUT2D eigenvalue weighted by Gasteiger charge is 2.13. The molecule has 0 spiro atoms. The first-order valence-corrected chi connectivity index (χ1v) is 28.9. The summed E-state index contributed by atoms with van der Waals surface area (Å²) in [6, 6.07) is 46.4. The molecular weight excluding hydrogens is 1220 g/mol. The van der Waals surface area contributed by atoms with E-state index < -0.39 is 59.9 Å². The number of aliphatic imine (C=N–C) groups is 2. The lowest BCUT2D eigenvalue weighted by molar-refractivity contribution is -0.141. The predicted molar refractivity (Wildman–Crippen MR) is 359 cm³/mol. The summed E-state index contributed by atoms with van der Waals surface area (Å²) in [4.78, 5) is 78.2. The summed E-state index contributed by atoms with van der Waals surface area (Å²) in [5.74, 6) is -6.31. The smallest absolute Gasteiger partial charge is 0.320 e. The third kappa shape index (κ3) is 57.7. The molecular formula is C65H94N12O17. The van der Waals surface area contributed by atoms with E-state index in [1.807, 2.05) is 54.6 Å². The van der Waals surface area contributed by atoms with Gasteiger partial charge >= 0.3 is 41.8 Å². The molecule has 0 aliphatic heterocycles. The first-order chi connectivity index (χ1) is 44.4. The van der Waals surface area contributed by atoms with E-state index in [1.165, 1.54) is 53.1 Å². The Labute approximate surface area is 546 Å². The molecule has 6 aromatic rings. The van der Waals surface area contributed by atoms with Gasteiger partial charge in [0.15, 0.2) is 11.9 Å². The average Bonchev–Trinajstić information content (AvgIpc) is 3.06. The Bertz CT molecular complexity index is 2760. The maximum absolute atomic E-state index is 10.2. The number of nitrogens with two attached hydrogens (primary N) is 10. The number of hydrogen-bond donors (Lipinski definition) is 20. The summed E-state index contributed by atoms with van der Waals surface area (Å²) in [5.41, 5.74) is 57.8. The van der Waals surface area contributed by atoms with Gasteiger partial charge in [0.25, 0.3) is 0 Å². The molecule has 516 valence electrons. The first-order valence-electron chi connectivity index (χ1n) is 28.9. The number of guanidine groups is 2. The molecule has 30 N–H and O–H groups in total. The Morgan fingerprint density at radius 3 is 0.755 bits per heavy atom. The lowest BCUT2D eigenvalue weighted by Crippen LogP contribution is -2.30. The van der Waals surface area contributed by atoms with Gasteiger partial charge < -0.3 is 108 Å². The summed E-state index contributed by atoms with van der Waals surface area (Å²) in [7, 11) is 0. The van der Waals surface area contributed by atoms with E-state index in [0.29, 0.717) is 55.5 Å². The topological polar surface area (TPSA) is 607 Å². The molecule has 6 aromatic carbocycles. The Hall–Kier alpha value is -10.7. The SMILES string of the molecule is NC(N)=NCCC[C@@H](N)C(=O)O.NC(N)=NCCC[C@H](N)C(=O)O.NCCc1ccccc1.NCCc1ccccc1.NCCc1ccccc1.N[C@@H](CCC(=O)O)C(=O)O.O=C(O)Cc1ccc(O)cc1.O=C(O)Cc1ccc(O)cc1.O=C(O)Cc1ccc(O)cc1. The van der Waals surface area contributed by atoms with Gasteiger partial charge in [-0.15, -0.1) is 0 Å². The Morgan fingerprint density at radius 1 is 0.330 bits per heavy atom. The van der Waals surface area contributed by atoms with Crippen molar-refractivity contribution in [1.82, 2.24) is 0 Å². The highest BCUT2D eigenvalue weighted by atomic mass is 16.4. The van der Waals surface area contributed by atoms with Crippen molar-refractivity contribution in [3.63, 3.8) is 0 Å². The highest BCUT2D eigenvalue weighted by Crippen LogP contribution is 2.12. The van der Waals surface area contributed by atoms with Gasteiger partial charge in [0.2, 0.25) is 0 Å². The number of hydrogen-bond acceptors (Lipinski definition) is 18. The fraction of sp³-hybridized carbons (Fsp3) is 0.308. The van der Waals surface area contributed by atoms with E-state index in [1.54, 1.807) is 36.4 Å². The van der Waals surface area contributed by atoms with Crippen molar-refractivity contribution in [1.29, 1.82) is 0 Å². The quantitative estimate of drug-likeness (QED) is 0.0211. The lowest BCUT2D eigenvalue weighted by Gasteiger charge is -2.03.